The summed E-state index contributed by atoms with van der Waals surface area (Å²) in [4.78, 5) is 18.4. The third-order valence-corrected chi connectivity index (χ3v) is 0.259. The van der Waals surface area contributed by atoms with Crippen molar-refractivity contribution in [1.29, 1.82) is 0 Å². The summed E-state index contributed by atoms with van der Waals surface area (Å²) >= 11 is 0. The van der Waals surface area contributed by atoms with Gasteiger partial charge in [0, 0.05) is 11.8 Å². The zero-order chi connectivity index (χ0) is 6.57. The van der Waals surface area contributed by atoms with Crippen LogP contribution in [0.15, 0.2) is 0 Å². The molecular weight excluding hydrogens is 118 g/mol. The average Bonchev–Trinajstić information content (AvgIpc) is 1.61. The minimum absolute atomic E-state index is 1.06. The van der Waals surface area contributed by atoms with Crippen molar-refractivity contribution in [2.45, 2.75) is 0 Å². The number of hydrogen-bond acceptors (Lipinski definition) is 2. The normalized spacial score (nSPS) is 6.75. The SMILES string of the molecule is O=C(F)C#CC(=O)F. The lowest BCUT2D eigenvalue weighted by molar-refractivity contribution is -0.125. The Bertz CT molecular complexity index is 156. The van der Waals surface area contributed by atoms with Crippen LogP contribution in [0, 0.1) is 11.8 Å². The fourth-order valence-electron chi connectivity index (χ4n) is 0.0983. The van der Waals surface area contributed by atoms with E-state index in [1.807, 2.05) is 0 Å². The fourth-order valence-corrected chi connectivity index (χ4v) is 0.0983. The Hall–Kier alpha value is -1.24. The van der Waals surface area contributed by atoms with Crippen molar-refractivity contribution >= 4 is 12.1 Å². The first-order valence-electron chi connectivity index (χ1n) is 1.54. The Kier molecular flexibility index (Phi) is 2.41. The van der Waals surface area contributed by atoms with Gasteiger partial charge in [0.05, 0.1) is 0 Å². The molecule has 0 aromatic rings. The third kappa shape index (κ3) is 4.76. The zero-order valence-corrected chi connectivity index (χ0v) is 3.57. The van der Waals surface area contributed by atoms with Crippen LogP contribution in [0.25, 0.3) is 0 Å². The summed E-state index contributed by atoms with van der Waals surface area (Å²) in [5.74, 6) is 2.13. The van der Waals surface area contributed by atoms with Crippen molar-refractivity contribution < 1.29 is 18.4 Å². The molecule has 0 spiro atoms. The molecule has 0 saturated heterocycles. The van der Waals surface area contributed by atoms with Crippen LogP contribution in [0.1, 0.15) is 0 Å². The molecule has 0 aromatic carbocycles. The highest BCUT2D eigenvalue weighted by atomic mass is 19.1. The van der Waals surface area contributed by atoms with E-state index in [0.717, 1.165) is 11.8 Å². The molecule has 0 aliphatic rings. The summed E-state index contributed by atoms with van der Waals surface area (Å²) in [6.45, 7) is 0. The molecule has 0 saturated carbocycles. The summed E-state index contributed by atoms with van der Waals surface area (Å²) < 4.78 is 21.9. The van der Waals surface area contributed by atoms with E-state index in [1.165, 1.54) is 0 Å². The number of rotatable bonds is 0. The number of carbonyl (C=O) groups excluding carboxylic acids is 2. The molecule has 0 rings (SSSR count). The first kappa shape index (κ1) is 6.76. The van der Waals surface area contributed by atoms with Gasteiger partial charge in [0.15, 0.2) is 0 Å². The van der Waals surface area contributed by atoms with E-state index in [2.05, 4.69) is 0 Å². The second-order valence-electron chi connectivity index (χ2n) is 0.797. The van der Waals surface area contributed by atoms with Crippen LogP contribution in [0.2, 0.25) is 0 Å². The van der Waals surface area contributed by atoms with Crippen molar-refractivity contribution in [3.63, 3.8) is 0 Å². The van der Waals surface area contributed by atoms with Crippen molar-refractivity contribution in [1.82, 2.24) is 0 Å². The molecule has 0 aromatic heterocycles. The lowest BCUT2D eigenvalue weighted by Crippen LogP contribution is -1.82. The highest BCUT2D eigenvalue weighted by molar-refractivity contribution is 5.97. The quantitative estimate of drug-likeness (QED) is 0.331. The largest absolute Gasteiger partial charge is 0.376 e. The van der Waals surface area contributed by atoms with Crippen molar-refractivity contribution in [2.24, 2.45) is 0 Å². The van der Waals surface area contributed by atoms with Gasteiger partial charge >= 0.3 is 12.1 Å². The first-order valence-corrected chi connectivity index (χ1v) is 1.54. The van der Waals surface area contributed by atoms with E-state index in [-0.39, 0.29) is 0 Å². The summed E-state index contributed by atoms with van der Waals surface area (Å²) in [6.07, 6.45) is 0. The van der Waals surface area contributed by atoms with E-state index >= 15 is 0 Å². The molecule has 0 N–H and O–H groups in total. The lowest BCUT2D eigenvalue weighted by Gasteiger charge is -1.62. The predicted molar refractivity (Wildman–Crippen MR) is 20.0 cm³/mol. The molecule has 0 aliphatic heterocycles. The predicted octanol–water partition coefficient (Wildman–Crippen LogP) is -0.0180. The Balaban J connectivity index is 3.87. The molecule has 42 valence electrons. The smallest absolute Gasteiger partial charge is 0.245 e. The highest BCUT2D eigenvalue weighted by Crippen LogP contribution is 1.69. The van der Waals surface area contributed by atoms with Crippen LogP contribution in [0.5, 0.6) is 0 Å². The molecule has 8 heavy (non-hydrogen) atoms. The zero-order valence-electron chi connectivity index (χ0n) is 3.57. The number of carbonyl (C=O) groups is 2. The minimum Gasteiger partial charge on any atom is -0.245 e. The lowest BCUT2D eigenvalue weighted by atomic mass is 10.6. The Morgan fingerprint density at radius 2 is 1.25 bits per heavy atom. The van der Waals surface area contributed by atoms with Gasteiger partial charge in [-0.1, -0.05) is 0 Å². The Morgan fingerprint density at radius 3 is 1.38 bits per heavy atom. The van der Waals surface area contributed by atoms with Crippen LogP contribution < -0.4 is 0 Å². The van der Waals surface area contributed by atoms with Gasteiger partial charge in [-0.15, -0.1) is 8.78 Å². The van der Waals surface area contributed by atoms with Gasteiger partial charge in [-0.05, 0) is 0 Å². The molecule has 0 amide bonds. The van der Waals surface area contributed by atoms with E-state index in [1.54, 1.807) is 0 Å². The molecular formula is C4F2O2. The van der Waals surface area contributed by atoms with Gasteiger partial charge in [-0.2, -0.15) is 0 Å². The molecule has 0 radical (unpaired) electrons. The van der Waals surface area contributed by atoms with E-state index in [0.29, 0.717) is 0 Å². The number of hydrogen-bond donors (Lipinski definition) is 0. The van der Waals surface area contributed by atoms with Gasteiger partial charge in [-0.25, -0.2) is 9.59 Å². The van der Waals surface area contributed by atoms with E-state index < -0.39 is 12.1 Å². The van der Waals surface area contributed by atoms with Gasteiger partial charge in [-0.3, -0.25) is 0 Å². The van der Waals surface area contributed by atoms with Crippen molar-refractivity contribution in [3.05, 3.63) is 0 Å². The fraction of sp³-hybridized carbons (Fsp3) is 0. The Morgan fingerprint density at radius 1 is 1.00 bits per heavy atom. The van der Waals surface area contributed by atoms with Crippen LogP contribution in [0.4, 0.5) is 8.78 Å². The second-order valence-corrected chi connectivity index (χ2v) is 0.797. The van der Waals surface area contributed by atoms with Gasteiger partial charge in [0.25, 0.3) is 0 Å². The number of halogens is 2. The summed E-state index contributed by atoms with van der Waals surface area (Å²) in [5.41, 5.74) is 0. The minimum atomic E-state index is -2.02. The molecule has 0 atom stereocenters. The molecule has 0 unspecified atom stereocenters. The van der Waals surface area contributed by atoms with Gasteiger partial charge in [0.2, 0.25) is 0 Å². The third-order valence-electron chi connectivity index (χ3n) is 0.259. The van der Waals surface area contributed by atoms with Crippen LogP contribution in [-0.2, 0) is 9.59 Å². The first-order chi connectivity index (χ1) is 3.63. The van der Waals surface area contributed by atoms with E-state index in [9.17, 15) is 18.4 Å². The van der Waals surface area contributed by atoms with Crippen LogP contribution >= 0.6 is 0 Å². The summed E-state index contributed by atoms with van der Waals surface area (Å²) in [7, 11) is 0. The molecule has 0 bridgehead atoms. The molecule has 2 nitrogen and oxygen atoms in total. The molecule has 4 heteroatoms. The molecule has 0 aliphatic carbocycles. The summed E-state index contributed by atoms with van der Waals surface area (Å²) in [6, 6.07) is -4.04. The molecule has 0 heterocycles. The maximum Gasteiger partial charge on any atom is 0.376 e. The van der Waals surface area contributed by atoms with Gasteiger partial charge < -0.3 is 0 Å². The second kappa shape index (κ2) is 2.86. The van der Waals surface area contributed by atoms with Crippen molar-refractivity contribution in [2.75, 3.05) is 0 Å². The van der Waals surface area contributed by atoms with Crippen LogP contribution in [0.3, 0.4) is 0 Å². The highest BCUT2D eigenvalue weighted by Gasteiger charge is 1.89. The van der Waals surface area contributed by atoms with Gasteiger partial charge in [0.1, 0.15) is 0 Å². The van der Waals surface area contributed by atoms with Crippen LogP contribution in [-0.4, -0.2) is 12.1 Å². The standard InChI is InChI=1S/C4F2O2/c5-3(7)1-2-4(6)8. The maximum atomic E-state index is 10.9. The summed E-state index contributed by atoms with van der Waals surface area (Å²) in [5, 5.41) is 0. The van der Waals surface area contributed by atoms with Crippen molar-refractivity contribution in [3.8, 4) is 11.8 Å². The maximum absolute atomic E-state index is 10.9. The average molecular weight is 118 g/mol. The Labute approximate surface area is 43.5 Å². The molecule has 0 fully saturated rings. The topological polar surface area (TPSA) is 34.1 Å². The van der Waals surface area contributed by atoms with E-state index in [4.69, 9.17) is 0 Å². The monoisotopic (exact) mass is 118 g/mol.